The molecule has 3 heterocycles. The number of aliphatic imine (C=N–C) groups is 1. The Kier molecular flexibility index (Phi) is 17.4. The molecular formula is C44H61N11O7. The lowest BCUT2D eigenvalue weighted by Crippen LogP contribution is -2.60. The molecule has 0 aliphatic carbocycles. The van der Waals surface area contributed by atoms with E-state index in [2.05, 4.69) is 36.6 Å². The van der Waals surface area contributed by atoms with Gasteiger partial charge < -0.3 is 53.7 Å². The first-order valence-corrected chi connectivity index (χ1v) is 21.5. The van der Waals surface area contributed by atoms with Gasteiger partial charge in [-0.1, -0.05) is 61.4 Å². The summed E-state index contributed by atoms with van der Waals surface area (Å²) in [4.78, 5) is 105. The van der Waals surface area contributed by atoms with Crippen molar-refractivity contribution in [1.82, 2.24) is 36.5 Å². The van der Waals surface area contributed by atoms with Crippen LogP contribution in [-0.4, -0.2) is 113 Å². The molecule has 5 rings (SSSR count). The van der Waals surface area contributed by atoms with Gasteiger partial charge in [-0.25, -0.2) is 0 Å². The molecule has 0 bridgehead atoms. The number of primary amides is 1. The van der Waals surface area contributed by atoms with E-state index in [-0.39, 0.29) is 75.6 Å². The van der Waals surface area contributed by atoms with Crippen LogP contribution in [-0.2, 0) is 46.4 Å². The number of aromatic nitrogens is 1. The van der Waals surface area contributed by atoms with Gasteiger partial charge in [0.1, 0.15) is 36.0 Å². The summed E-state index contributed by atoms with van der Waals surface area (Å²) in [6.45, 7) is 0.468. The number of nitrogens with one attached hydrogen (secondary N) is 6. The summed E-state index contributed by atoms with van der Waals surface area (Å²) >= 11 is 0. The maximum atomic E-state index is 14.4. The predicted octanol–water partition coefficient (Wildman–Crippen LogP) is 0.324. The van der Waals surface area contributed by atoms with Gasteiger partial charge in [0.25, 0.3) is 0 Å². The second-order valence-electron chi connectivity index (χ2n) is 16.1. The van der Waals surface area contributed by atoms with Crippen molar-refractivity contribution in [1.29, 1.82) is 0 Å². The molecule has 0 spiro atoms. The number of nitrogens with zero attached hydrogens (tertiary/aromatic N) is 2. The maximum absolute atomic E-state index is 14.4. The number of fused-ring (bicyclic) bond motifs is 2. The topological polar surface area (TPSA) is 289 Å². The molecule has 62 heavy (non-hydrogen) atoms. The number of para-hydroxylation sites is 1. The van der Waals surface area contributed by atoms with E-state index in [0.29, 0.717) is 44.2 Å². The number of aromatic amines is 1. The van der Waals surface area contributed by atoms with Gasteiger partial charge >= 0.3 is 0 Å². The summed E-state index contributed by atoms with van der Waals surface area (Å²) in [6, 6.07) is 10.2. The molecule has 2 fully saturated rings. The number of nitrogens with two attached hydrogens (primary N) is 3. The summed E-state index contributed by atoms with van der Waals surface area (Å²) in [5.74, 6) is -3.80. The molecule has 2 aliphatic rings. The lowest BCUT2D eigenvalue weighted by atomic mass is 10.00. The molecule has 18 heteroatoms. The highest BCUT2D eigenvalue weighted by molar-refractivity contribution is 5.97. The number of amides is 6. The van der Waals surface area contributed by atoms with Crippen molar-refractivity contribution < 1.29 is 33.6 Å². The molecule has 6 amide bonds. The monoisotopic (exact) mass is 855 g/mol. The summed E-state index contributed by atoms with van der Waals surface area (Å²) < 4.78 is 0. The lowest BCUT2D eigenvalue weighted by molar-refractivity contribution is -0.141. The van der Waals surface area contributed by atoms with Crippen molar-refractivity contribution in [2.24, 2.45) is 22.2 Å². The van der Waals surface area contributed by atoms with Gasteiger partial charge in [-0.05, 0) is 69.2 Å². The smallest absolute Gasteiger partial charge is 0.243 e. The van der Waals surface area contributed by atoms with E-state index in [9.17, 15) is 33.6 Å². The third-order valence-corrected chi connectivity index (χ3v) is 11.5. The number of benzene rings is 2. The van der Waals surface area contributed by atoms with Crippen molar-refractivity contribution in [3.8, 4) is 0 Å². The fraction of sp³-hybridized carbons (Fsp3) is 0.500. The van der Waals surface area contributed by atoms with Crippen molar-refractivity contribution >= 4 is 58.1 Å². The Bertz CT molecular complexity index is 2070. The van der Waals surface area contributed by atoms with Crippen LogP contribution in [0.5, 0.6) is 0 Å². The summed E-state index contributed by atoms with van der Waals surface area (Å²) in [7, 11) is 1.63. The minimum atomic E-state index is -1.23. The Morgan fingerprint density at radius 2 is 1.42 bits per heavy atom. The number of likely N-dealkylation sites (N-methyl/N-ethyl adjacent to an activating group) is 1. The van der Waals surface area contributed by atoms with Gasteiger partial charge in [0, 0.05) is 55.9 Å². The molecule has 2 aliphatic heterocycles. The average molecular weight is 856 g/mol. The van der Waals surface area contributed by atoms with Gasteiger partial charge in [0.15, 0.2) is 5.96 Å². The quantitative estimate of drug-likeness (QED) is 0.0765. The fourth-order valence-electron chi connectivity index (χ4n) is 8.10. The van der Waals surface area contributed by atoms with Gasteiger partial charge in [0.2, 0.25) is 35.4 Å². The largest absolute Gasteiger partial charge is 0.370 e. The number of hydrogen-bond donors (Lipinski definition) is 9. The summed E-state index contributed by atoms with van der Waals surface area (Å²) in [5.41, 5.74) is 19.1. The van der Waals surface area contributed by atoms with Crippen molar-refractivity contribution in [2.75, 3.05) is 20.1 Å². The zero-order chi connectivity index (χ0) is 44.6. The third kappa shape index (κ3) is 13.3. The Morgan fingerprint density at radius 3 is 2.16 bits per heavy atom. The highest BCUT2D eigenvalue weighted by atomic mass is 16.2. The van der Waals surface area contributed by atoms with E-state index in [1.165, 1.54) is 4.90 Å². The molecule has 12 N–H and O–H groups in total. The number of H-pyrrole nitrogens is 1. The van der Waals surface area contributed by atoms with Crippen LogP contribution in [0.25, 0.3) is 10.9 Å². The number of Topliss-reactive ketones (excluding diaryl/α,β-unsaturated/α-hetero) is 1. The maximum Gasteiger partial charge on any atom is 0.243 e. The van der Waals surface area contributed by atoms with Gasteiger partial charge in [-0.15, -0.1) is 0 Å². The number of ketones is 1. The Labute approximate surface area is 361 Å². The van der Waals surface area contributed by atoms with Gasteiger partial charge in [0.05, 0.1) is 6.04 Å². The molecule has 2 aromatic carbocycles. The number of rotatable bonds is 10. The summed E-state index contributed by atoms with van der Waals surface area (Å²) in [6.07, 6.45) is 5.50. The average Bonchev–Trinajstić information content (AvgIpc) is 3.91. The highest BCUT2D eigenvalue weighted by Gasteiger charge is 2.39. The molecule has 0 saturated carbocycles. The Hall–Kier alpha value is -6.30. The second-order valence-corrected chi connectivity index (χ2v) is 16.1. The first-order valence-electron chi connectivity index (χ1n) is 21.5. The Balaban J connectivity index is 1.49. The van der Waals surface area contributed by atoms with Crippen molar-refractivity contribution in [2.45, 2.75) is 120 Å². The summed E-state index contributed by atoms with van der Waals surface area (Å²) in [5, 5.41) is 15.1. The van der Waals surface area contributed by atoms with E-state index in [1.807, 2.05) is 42.5 Å². The van der Waals surface area contributed by atoms with E-state index >= 15 is 0 Å². The first kappa shape index (κ1) is 46.8. The van der Waals surface area contributed by atoms with E-state index in [0.717, 1.165) is 16.5 Å². The fourth-order valence-corrected chi connectivity index (χ4v) is 8.10. The van der Waals surface area contributed by atoms with Crippen LogP contribution >= 0.6 is 0 Å². The van der Waals surface area contributed by atoms with Crippen LogP contribution < -0.4 is 43.8 Å². The number of hydrogen-bond acceptors (Lipinski definition) is 9. The minimum Gasteiger partial charge on any atom is -0.370 e. The normalized spacial score (nSPS) is 24.2. The number of carbonyl (C=O) groups excluding carboxylic acids is 7. The predicted molar refractivity (Wildman–Crippen MR) is 234 cm³/mol. The molecule has 2 saturated heterocycles. The second kappa shape index (κ2) is 23.1. The number of guanidine groups is 1. The first-order chi connectivity index (χ1) is 29.8. The number of carbonyl (C=O) groups is 7. The molecule has 18 nitrogen and oxygen atoms in total. The molecule has 0 radical (unpaired) electrons. The minimum absolute atomic E-state index is 0.0154. The molecule has 3 aromatic rings. The van der Waals surface area contributed by atoms with Crippen LogP contribution in [0.2, 0.25) is 0 Å². The van der Waals surface area contributed by atoms with Crippen molar-refractivity contribution in [3.63, 3.8) is 0 Å². The molecule has 334 valence electrons. The SMILES string of the molecule is CN[C@H]1CCC(=O)CCCCC[C@@H](C(N)=O)NC(=O)[C@H](Cc2c[nH]c3ccccc23)NC(=O)[C@H](CCCN=C(N)N)NC(=O)[C@@H](Cc2ccccc2)NC(=O)[C@@H]2CCCN2C1=O. The molecular weight excluding hydrogens is 795 g/mol. The van der Waals surface area contributed by atoms with Crippen LogP contribution in [0, 0.1) is 0 Å². The van der Waals surface area contributed by atoms with E-state index in [4.69, 9.17) is 17.2 Å². The van der Waals surface area contributed by atoms with Gasteiger partial charge in [-0.2, -0.15) is 0 Å². The standard InChI is InChI=1S/C44H61N11O7/c1-48-34-21-20-29(56)14-6-3-7-17-32(38(45)57)51-41(60)36(25-28-26-50-31-16-9-8-15-30(28)31)53-39(58)33(18-10-22-49-44(46)47)52-40(59)35(24-27-12-4-2-5-13-27)54-42(61)37-19-11-23-55(37)43(34)62/h2,4-5,8-9,12-13,15-16,26,32-37,48,50H,3,6-7,10-11,14,17-25H2,1H3,(H2,45,57)(H,51,60)(H,52,59)(H,53,58)(H,54,61)(H4,46,47,49)/t32-,33-,34-,35+,36-,37-/m0/s1. The zero-order valence-corrected chi connectivity index (χ0v) is 35.3. The van der Waals surface area contributed by atoms with Crippen LogP contribution in [0.3, 0.4) is 0 Å². The van der Waals surface area contributed by atoms with Gasteiger partial charge in [-0.3, -0.25) is 38.6 Å². The Morgan fingerprint density at radius 1 is 0.742 bits per heavy atom. The van der Waals surface area contributed by atoms with E-state index in [1.54, 1.807) is 25.4 Å². The van der Waals surface area contributed by atoms with Crippen LogP contribution in [0.4, 0.5) is 0 Å². The zero-order valence-electron chi connectivity index (χ0n) is 35.3. The highest BCUT2D eigenvalue weighted by Crippen LogP contribution is 2.22. The lowest BCUT2D eigenvalue weighted by Gasteiger charge is -2.30. The molecule has 6 atom stereocenters. The van der Waals surface area contributed by atoms with E-state index < -0.39 is 65.8 Å². The van der Waals surface area contributed by atoms with Crippen LogP contribution in [0.1, 0.15) is 81.8 Å². The molecule has 1 aromatic heterocycles. The van der Waals surface area contributed by atoms with Crippen LogP contribution in [0.15, 0.2) is 65.8 Å². The third-order valence-electron chi connectivity index (χ3n) is 11.5. The molecule has 0 unspecified atom stereocenters. The van der Waals surface area contributed by atoms with Crippen molar-refractivity contribution in [3.05, 3.63) is 71.9 Å².